The fraction of sp³-hybridized carbons (Fsp3) is 0.423. The van der Waals surface area contributed by atoms with Crippen molar-refractivity contribution in [2.75, 3.05) is 33.3 Å². The molecule has 1 amide bonds. The molecular weight excluding hydrogens is 421 g/mol. The van der Waals surface area contributed by atoms with Gasteiger partial charge in [-0.25, -0.2) is 4.39 Å². The lowest BCUT2D eigenvalue weighted by atomic mass is 9.98. The molecule has 5 rings (SSSR count). The molecule has 0 saturated carbocycles. The first-order valence-electron chi connectivity index (χ1n) is 11.7. The van der Waals surface area contributed by atoms with Gasteiger partial charge >= 0.3 is 0 Å². The Hall–Kier alpha value is -3.06. The molecule has 174 valence electrons. The second kappa shape index (κ2) is 9.43. The van der Waals surface area contributed by atoms with E-state index in [-0.39, 0.29) is 17.8 Å². The van der Waals surface area contributed by atoms with Crippen LogP contribution in [-0.4, -0.2) is 66.1 Å². The van der Waals surface area contributed by atoms with Crippen LogP contribution >= 0.6 is 0 Å². The largest absolute Gasteiger partial charge is 0.497 e. The Morgan fingerprint density at radius 1 is 1.00 bits per heavy atom. The molecule has 1 aromatic heterocycles. The standard InChI is InChI=1S/C26H30FN3O3/c1-32-21-7-6-18-16-24(28-23(18)17-21)26(31)30-12-8-19(9-13-30)29-14-10-20(11-15-29)33-25-5-3-2-4-22(25)27/h2-7,16-17,19-20,28H,8-15H2,1H3. The summed E-state index contributed by atoms with van der Waals surface area (Å²) in [6.07, 6.45) is 3.79. The first kappa shape index (κ1) is 21.8. The zero-order chi connectivity index (χ0) is 22.8. The van der Waals surface area contributed by atoms with Crippen molar-refractivity contribution in [3.05, 3.63) is 60.0 Å². The van der Waals surface area contributed by atoms with E-state index in [1.807, 2.05) is 29.2 Å². The summed E-state index contributed by atoms with van der Waals surface area (Å²) in [5, 5.41) is 1.01. The van der Waals surface area contributed by atoms with E-state index in [1.54, 1.807) is 25.3 Å². The molecule has 3 heterocycles. The van der Waals surface area contributed by atoms with Crippen molar-refractivity contribution in [2.24, 2.45) is 0 Å². The number of para-hydroxylation sites is 1. The van der Waals surface area contributed by atoms with Crippen molar-refractivity contribution in [1.82, 2.24) is 14.8 Å². The summed E-state index contributed by atoms with van der Waals surface area (Å²) in [5.74, 6) is 0.872. The van der Waals surface area contributed by atoms with Crippen LogP contribution in [0.2, 0.25) is 0 Å². The minimum atomic E-state index is -0.300. The van der Waals surface area contributed by atoms with E-state index in [4.69, 9.17) is 9.47 Å². The number of nitrogens with one attached hydrogen (secondary N) is 1. The average molecular weight is 452 g/mol. The number of ether oxygens (including phenoxy) is 2. The Labute approximate surface area is 193 Å². The number of benzene rings is 2. The number of piperidine rings is 2. The van der Waals surface area contributed by atoms with Gasteiger partial charge in [-0.1, -0.05) is 12.1 Å². The van der Waals surface area contributed by atoms with Crippen LogP contribution in [0.1, 0.15) is 36.2 Å². The number of likely N-dealkylation sites (tertiary alicyclic amines) is 2. The highest BCUT2D eigenvalue weighted by Crippen LogP contribution is 2.27. The third-order valence-corrected chi connectivity index (χ3v) is 6.94. The van der Waals surface area contributed by atoms with Crippen molar-refractivity contribution < 1.29 is 18.7 Å². The van der Waals surface area contributed by atoms with Crippen molar-refractivity contribution in [2.45, 2.75) is 37.8 Å². The minimum Gasteiger partial charge on any atom is -0.497 e. The predicted octanol–water partition coefficient (Wildman–Crippen LogP) is 4.46. The maximum absolute atomic E-state index is 13.9. The summed E-state index contributed by atoms with van der Waals surface area (Å²) in [5.41, 5.74) is 1.54. The Bertz CT molecular complexity index is 1110. The van der Waals surface area contributed by atoms with Gasteiger partial charge in [0.1, 0.15) is 17.5 Å². The molecule has 2 fully saturated rings. The summed E-state index contributed by atoms with van der Waals surface area (Å²) in [7, 11) is 1.64. The number of carbonyl (C=O) groups is 1. The lowest BCUT2D eigenvalue weighted by molar-refractivity contribution is 0.0414. The number of aromatic amines is 1. The average Bonchev–Trinajstić information content (AvgIpc) is 3.29. The molecule has 0 bridgehead atoms. The van der Waals surface area contributed by atoms with Crippen LogP contribution in [0.3, 0.4) is 0 Å². The van der Waals surface area contributed by atoms with Gasteiger partial charge in [-0.05, 0) is 56.0 Å². The van der Waals surface area contributed by atoms with Gasteiger partial charge in [-0.3, -0.25) is 9.69 Å². The first-order valence-corrected chi connectivity index (χ1v) is 11.7. The first-order chi connectivity index (χ1) is 16.1. The number of nitrogens with zero attached hydrogens (tertiary/aromatic N) is 2. The molecule has 2 aliphatic heterocycles. The smallest absolute Gasteiger partial charge is 0.270 e. The van der Waals surface area contributed by atoms with Gasteiger partial charge in [0.25, 0.3) is 5.91 Å². The zero-order valence-electron chi connectivity index (χ0n) is 18.9. The van der Waals surface area contributed by atoms with Crippen molar-refractivity contribution >= 4 is 16.8 Å². The minimum absolute atomic E-state index is 0.0560. The van der Waals surface area contributed by atoms with Crippen LogP contribution in [0.25, 0.3) is 10.9 Å². The molecule has 3 aromatic rings. The zero-order valence-corrected chi connectivity index (χ0v) is 18.9. The Balaban J connectivity index is 1.12. The second-order valence-electron chi connectivity index (χ2n) is 8.94. The number of carbonyl (C=O) groups excluding carboxylic acids is 1. The number of rotatable bonds is 5. The van der Waals surface area contributed by atoms with Crippen molar-refractivity contribution in [3.63, 3.8) is 0 Å². The Morgan fingerprint density at radius 2 is 1.76 bits per heavy atom. The van der Waals surface area contributed by atoms with Gasteiger partial charge in [0.2, 0.25) is 0 Å². The molecule has 0 aliphatic carbocycles. The highest BCUT2D eigenvalue weighted by Gasteiger charge is 2.31. The van der Waals surface area contributed by atoms with Gasteiger partial charge in [0, 0.05) is 49.2 Å². The number of hydrogen-bond donors (Lipinski definition) is 1. The molecule has 2 aromatic carbocycles. The van der Waals surface area contributed by atoms with Crippen LogP contribution < -0.4 is 9.47 Å². The molecule has 0 radical (unpaired) electrons. The van der Waals surface area contributed by atoms with Crippen LogP contribution in [0.15, 0.2) is 48.5 Å². The number of hydrogen-bond acceptors (Lipinski definition) is 4. The number of aromatic nitrogens is 1. The molecule has 0 spiro atoms. The number of amides is 1. The Kier molecular flexibility index (Phi) is 6.22. The van der Waals surface area contributed by atoms with Crippen LogP contribution in [0, 0.1) is 5.82 Å². The van der Waals surface area contributed by atoms with Crippen LogP contribution in [0.4, 0.5) is 4.39 Å². The molecular formula is C26H30FN3O3. The van der Waals surface area contributed by atoms with Gasteiger partial charge in [0.15, 0.2) is 11.6 Å². The maximum Gasteiger partial charge on any atom is 0.270 e. The molecule has 1 N–H and O–H groups in total. The topological polar surface area (TPSA) is 57.8 Å². The molecule has 6 nitrogen and oxygen atoms in total. The molecule has 2 aliphatic rings. The lowest BCUT2D eigenvalue weighted by Crippen LogP contribution is -2.50. The van der Waals surface area contributed by atoms with Crippen LogP contribution in [-0.2, 0) is 0 Å². The molecule has 7 heteroatoms. The SMILES string of the molecule is COc1ccc2cc(C(=O)N3CCC(N4CCC(Oc5ccccc5F)CC4)CC3)[nH]c2c1. The summed E-state index contributed by atoms with van der Waals surface area (Å²) < 4.78 is 25.0. The molecule has 0 unspecified atom stereocenters. The third kappa shape index (κ3) is 4.69. The summed E-state index contributed by atoms with van der Waals surface area (Å²) in [6, 6.07) is 14.8. The molecule has 0 atom stereocenters. The fourth-order valence-corrected chi connectivity index (χ4v) is 5.03. The molecule has 2 saturated heterocycles. The van der Waals surface area contributed by atoms with Gasteiger partial charge in [-0.2, -0.15) is 0 Å². The summed E-state index contributed by atoms with van der Waals surface area (Å²) in [6.45, 7) is 3.41. The summed E-state index contributed by atoms with van der Waals surface area (Å²) >= 11 is 0. The van der Waals surface area contributed by atoms with E-state index >= 15 is 0 Å². The van der Waals surface area contributed by atoms with Crippen molar-refractivity contribution in [3.8, 4) is 11.5 Å². The normalized spacial score (nSPS) is 18.5. The van der Waals surface area contributed by atoms with E-state index in [0.717, 1.165) is 68.5 Å². The third-order valence-electron chi connectivity index (χ3n) is 6.94. The van der Waals surface area contributed by atoms with Crippen molar-refractivity contribution in [1.29, 1.82) is 0 Å². The van der Waals surface area contributed by atoms with E-state index in [9.17, 15) is 9.18 Å². The quantitative estimate of drug-likeness (QED) is 0.622. The van der Waals surface area contributed by atoms with Gasteiger partial charge in [-0.15, -0.1) is 0 Å². The number of H-pyrrole nitrogens is 1. The Morgan fingerprint density at radius 3 is 2.48 bits per heavy atom. The van der Waals surface area contributed by atoms with E-state index < -0.39 is 0 Å². The predicted molar refractivity (Wildman–Crippen MR) is 125 cm³/mol. The van der Waals surface area contributed by atoms with Gasteiger partial charge < -0.3 is 19.4 Å². The van der Waals surface area contributed by atoms with E-state index in [0.29, 0.717) is 17.5 Å². The highest BCUT2D eigenvalue weighted by atomic mass is 19.1. The highest BCUT2D eigenvalue weighted by molar-refractivity contribution is 5.98. The fourth-order valence-electron chi connectivity index (χ4n) is 5.03. The molecule has 33 heavy (non-hydrogen) atoms. The lowest BCUT2D eigenvalue weighted by Gasteiger charge is -2.41. The second-order valence-corrected chi connectivity index (χ2v) is 8.94. The van der Waals surface area contributed by atoms with E-state index in [1.165, 1.54) is 6.07 Å². The van der Waals surface area contributed by atoms with Gasteiger partial charge in [0.05, 0.1) is 7.11 Å². The van der Waals surface area contributed by atoms with E-state index in [2.05, 4.69) is 9.88 Å². The number of methoxy groups -OCH3 is 1. The van der Waals surface area contributed by atoms with Crippen LogP contribution in [0.5, 0.6) is 11.5 Å². The summed E-state index contributed by atoms with van der Waals surface area (Å²) in [4.78, 5) is 20.8. The number of fused-ring (bicyclic) bond motifs is 1. The monoisotopic (exact) mass is 451 g/mol. The maximum atomic E-state index is 13.9. The number of halogens is 1.